The van der Waals surface area contributed by atoms with Crippen LogP contribution in [0, 0.1) is 0 Å². The quantitative estimate of drug-likeness (QED) is 0.617. The first kappa shape index (κ1) is 22.3. The number of ether oxygens (including phenoxy) is 1. The number of carbonyl (C=O) groups excluding carboxylic acids is 1. The maximum Gasteiger partial charge on any atom is 0.251 e. The fourth-order valence-corrected chi connectivity index (χ4v) is 4.80. The van der Waals surface area contributed by atoms with Crippen molar-refractivity contribution in [2.45, 2.75) is 18.2 Å². The number of benzene rings is 2. The molecule has 162 valence electrons. The van der Waals surface area contributed by atoms with Crippen LogP contribution in [-0.4, -0.2) is 64.6 Å². The van der Waals surface area contributed by atoms with E-state index in [1.165, 1.54) is 22.1 Å². The molecule has 1 N–H and O–H groups in total. The van der Waals surface area contributed by atoms with E-state index in [2.05, 4.69) is 29.3 Å². The first-order valence-electron chi connectivity index (χ1n) is 10.3. The molecular formula is C22H29N3O4S. The second-order valence-corrected chi connectivity index (χ2v) is 9.00. The Morgan fingerprint density at radius 3 is 2.37 bits per heavy atom. The minimum Gasteiger partial charge on any atom is -0.379 e. The highest BCUT2D eigenvalue weighted by atomic mass is 32.2. The fourth-order valence-electron chi connectivity index (χ4n) is 3.40. The van der Waals surface area contributed by atoms with E-state index < -0.39 is 10.0 Å². The van der Waals surface area contributed by atoms with E-state index in [1.807, 2.05) is 18.2 Å². The fraction of sp³-hybridized carbons (Fsp3) is 0.409. The van der Waals surface area contributed by atoms with Crippen LogP contribution in [-0.2, 0) is 14.8 Å². The maximum atomic E-state index is 12.7. The Kier molecular flexibility index (Phi) is 7.84. The van der Waals surface area contributed by atoms with Crippen molar-refractivity contribution in [3.63, 3.8) is 0 Å². The van der Waals surface area contributed by atoms with Crippen LogP contribution >= 0.6 is 0 Å². The molecule has 2 aromatic rings. The zero-order valence-electron chi connectivity index (χ0n) is 17.3. The van der Waals surface area contributed by atoms with Crippen LogP contribution in [0.3, 0.4) is 0 Å². The molecule has 7 nitrogen and oxygen atoms in total. The number of sulfonamides is 1. The summed E-state index contributed by atoms with van der Waals surface area (Å²) in [7, 11) is -3.55. The number of rotatable bonds is 9. The van der Waals surface area contributed by atoms with Crippen LogP contribution < -0.4 is 10.2 Å². The highest BCUT2D eigenvalue weighted by molar-refractivity contribution is 7.89. The van der Waals surface area contributed by atoms with Gasteiger partial charge in [0.1, 0.15) is 0 Å². The molecule has 8 heteroatoms. The summed E-state index contributed by atoms with van der Waals surface area (Å²) in [6, 6.07) is 16.3. The van der Waals surface area contributed by atoms with E-state index in [0.717, 1.165) is 19.5 Å². The Morgan fingerprint density at radius 1 is 1.07 bits per heavy atom. The molecule has 0 aromatic heterocycles. The lowest BCUT2D eigenvalue weighted by Crippen LogP contribution is -2.40. The van der Waals surface area contributed by atoms with Crippen molar-refractivity contribution in [2.24, 2.45) is 0 Å². The molecule has 1 heterocycles. The number of anilines is 1. The molecule has 2 aromatic carbocycles. The van der Waals surface area contributed by atoms with E-state index in [1.54, 1.807) is 12.1 Å². The van der Waals surface area contributed by atoms with Gasteiger partial charge in [0.15, 0.2) is 0 Å². The second kappa shape index (κ2) is 10.6. The molecule has 0 aliphatic carbocycles. The molecule has 30 heavy (non-hydrogen) atoms. The highest BCUT2D eigenvalue weighted by Gasteiger charge is 2.26. The lowest BCUT2D eigenvalue weighted by Gasteiger charge is -2.26. The Bertz CT molecular complexity index is 911. The molecule has 0 spiro atoms. The minimum absolute atomic E-state index is 0.197. The van der Waals surface area contributed by atoms with Gasteiger partial charge in [0.05, 0.1) is 18.1 Å². The molecule has 1 aliphatic rings. The van der Waals surface area contributed by atoms with Crippen molar-refractivity contribution in [2.75, 3.05) is 50.8 Å². The van der Waals surface area contributed by atoms with Gasteiger partial charge in [0.25, 0.3) is 5.91 Å². The second-order valence-electron chi connectivity index (χ2n) is 7.07. The summed E-state index contributed by atoms with van der Waals surface area (Å²) >= 11 is 0. The van der Waals surface area contributed by atoms with E-state index in [0.29, 0.717) is 38.4 Å². The number of morpholine rings is 1. The van der Waals surface area contributed by atoms with Crippen LogP contribution in [0.2, 0.25) is 0 Å². The zero-order valence-corrected chi connectivity index (χ0v) is 18.1. The molecule has 0 unspecified atom stereocenters. The lowest BCUT2D eigenvalue weighted by molar-refractivity contribution is 0.0730. The third-order valence-electron chi connectivity index (χ3n) is 5.12. The van der Waals surface area contributed by atoms with Gasteiger partial charge in [-0.25, -0.2) is 8.42 Å². The summed E-state index contributed by atoms with van der Waals surface area (Å²) in [6.45, 7) is 5.91. The van der Waals surface area contributed by atoms with E-state index in [-0.39, 0.29) is 10.8 Å². The van der Waals surface area contributed by atoms with E-state index in [9.17, 15) is 13.2 Å². The van der Waals surface area contributed by atoms with Crippen LogP contribution in [0.15, 0.2) is 59.5 Å². The standard InChI is InChI=1S/C22H29N3O4S/c1-2-24(20-7-4-3-5-8-20)14-6-13-23-22(26)19-9-11-21(12-10-19)30(27,28)25-15-17-29-18-16-25/h3-5,7-12H,2,6,13-18H2,1H3,(H,23,26). The SMILES string of the molecule is CCN(CCCNC(=O)c1ccc(S(=O)(=O)N2CCOCC2)cc1)c1ccccc1. The Hall–Kier alpha value is -2.42. The first-order chi connectivity index (χ1) is 14.5. The number of hydrogen-bond acceptors (Lipinski definition) is 5. The average molecular weight is 432 g/mol. The highest BCUT2D eigenvalue weighted by Crippen LogP contribution is 2.18. The largest absolute Gasteiger partial charge is 0.379 e. The third-order valence-corrected chi connectivity index (χ3v) is 7.03. The molecule has 3 rings (SSSR count). The lowest BCUT2D eigenvalue weighted by atomic mass is 10.2. The van der Waals surface area contributed by atoms with E-state index >= 15 is 0 Å². The van der Waals surface area contributed by atoms with Crippen molar-refractivity contribution in [3.8, 4) is 0 Å². The molecule has 0 saturated carbocycles. The molecule has 0 radical (unpaired) electrons. The van der Waals surface area contributed by atoms with Gasteiger partial charge in [-0.05, 0) is 49.7 Å². The summed E-state index contributed by atoms with van der Waals surface area (Å²) in [5.41, 5.74) is 1.62. The normalized spacial score (nSPS) is 15.0. The van der Waals surface area contributed by atoms with Gasteiger partial charge in [0, 0.05) is 44.0 Å². The number of para-hydroxylation sites is 1. The van der Waals surface area contributed by atoms with Crippen molar-refractivity contribution < 1.29 is 17.9 Å². The summed E-state index contributed by atoms with van der Waals surface area (Å²) in [5, 5.41) is 2.91. The van der Waals surface area contributed by atoms with Crippen LogP contribution in [0.25, 0.3) is 0 Å². The number of nitrogens with one attached hydrogen (secondary N) is 1. The topological polar surface area (TPSA) is 79.0 Å². The van der Waals surface area contributed by atoms with Crippen LogP contribution in [0.1, 0.15) is 23.7 Å². The first-order valence-corrected chi connectivity index (χ1v) is 11.7. The average Bonchev–Trinajstić information content (AvgIpc) is 2.80. The monoisotopic (exact) mass is 431 g/mol. The summed E-state index contributed by atoms with van der Waals surface area (Å²) in [6.07, 6.45) is 0.817. The van der Waals surface area contributed by atoms with Crippen molar-refractivity contribution in [1.29, 1.82) is 0 Å². The van der Waals surface area contributed by atoms with Crippen molar-refractivity contribution >= 4 is 21.6 Å². The van der Waals surface area contributed by atoms with Gasteiger partial charge >= 0.3 is 0 Å². The summed E-state index contributed by atoms with van der Waals surface area (Å²) in [5.74, 6) is -0.201. The van der Waals surface area contributed by atoms with Crippen LogP contribution in [0.5, 0.6) is 0 Å². The summed E-state index contributed by atoms with van der Waals surface area (Å²) < 4.78 is 31.9. The summed E-state index contributed by atoms with van der Waals surface area (Å²) in [4.78, 5) is 14.8. The van der Waals surface area contributed by atoms with E-state index in [4.69, 9.17) is 4.74 Å². The number of nitrogens with zero attached hydrogens (tertiary/aromatic N) is 2. The van der Waals surface area contributed by atoms with Gasteiger partial charge in [-0.2, -0.15) is 4.31 Å². The smallest absolute Gasteiger partial charge is 0.251 e. The molecule has 0 bridgehead atoms. The number of carbonyl (C=O) groups is 1. The maximum absolute atomic E-state index is 12.7. The molecular weight excluding hydrogens is 402 g/mol. The predicted octanol–water partition coefficient (Wildman–Crippen LogP) is 2.35. The van der Waals surface area contributed by atoms with Crippen molar-refractivity contribution in [1.82, 2.24) is 9.62 Å². The number of hydrogen-bond donors (Lipinski definition) is 1. The minimum atomic E-state index is -3.55. The van der Waals surface area contributed by atoms with Gasteiger partial charge in [-0.3, -0.25) is 4.79 Å². The number of amides is 1. The van der Waals surface area contributed by atoms with Gasteiger partial charge in [0.2, 0.25) is 10.0 Å². The Morgan fingerprint density at radius 2 is 1.73 bits per heavy atom. The molecule has 1 aliphatic heterocycles. The Labute approximate surface area is 178 Å². The Balaban J connectivity index is 1.50. The molecule has 0 atom stereocenters. The molecule has 1 saturated heterocycles. The third kappa shape index (κ3) is 5.59. The van der Waals surface area contributed by atoms with Gasteiger partial charge in [-0.15, -0.1) is 0 Å². The van der Waals surface area contributed by atoms with Gasteiger partial charge < -0.3 is 15.0 Å². The van der Waals surface area contributed by atoms with Gasteiger partial charge in [-0.1, -0.05) is 18.2 Å². The molecule has 1 fully saturated rings. The van der Waals surface area contributed by atoms with Crippen LogP contribution in [0.4, 0.5) is 5.69 Å². The zero-order chi connectivity index (χ0) is 21.4. The molecule has 1 amide bonds. The van der Waals surface area contributed by atoms with Crippen molar-refractivity contribution in [3.05, 3.63) is 60.2 Å². The predicted molar refractivity (Wildman–Crippen MR) is 117 cm³/mol.